The van der Waals surface area contributed by atoms with Gasteiger partial charge in [-0.05, 0) is 72.3 Å². The van der Waals surface area contributed by atoms with Crippen LogP contribution in [0.3, 0.4) is 0 Å². The van der Waals surface area contributed by atoms with E-state index in [0.717, 1.165) is 25.2 Å². The van der Waals surface area contributed by atoms with Crippen molar-refractivity contribution < 1.29 is 9.53 Å². The molecular weight excluding hydrogens is 488 g/mol. The maximum absolute atomic E-state index is 13.1. The van der Waals surface area contributed by atoms with Crippen LogP contribution >= 0.6 is 43.6 Å². The van der Waals surface area contributed by atoms with Gasteiger partial charge in [0.1, 0.15) is 5.75 Å². The van der Waals surface area contributed by atoms with E-state index in [2.05, 4.69) is 31.9 Å². The van der Waals surface area contributed by atoms with Gasteiger partial charge >= 0.3 is 0 Å². The minimum absolute atomic E-state index is 0.0199. The van der Waals surface area contributed by atoms with Crippen LogP contribution in [-0.2, 0) is 0 Å². The predicted molar refractivity (Wildman–Crippen MR) is 119 cm³/mol. The summed E-state index contributed by atoms with van der Waals surface area (Å²) in [6.45, 7) is 0. The lowest BCUT2D eigenvalue weighted by atomic mass is 10.1. The SMILES string of the molecule is COc1ccc(C(=O)/C(=C/c2ccc(Br)cc2)Sc2ccc(Br)cc2)cc1. The van der Waals surface area contributed by atoms with Crippen LogP contribution in [0, 0.1) is 0 Å². The predicted octanol–water partition coefficient (Wildman–Crippen LogP) is 7.24. The van der Waals surface area contributed by atoms with Gasteiger partial charge in [-0.1, -0.05) is 55.8 Å². The molecule has 2 nitrogen and oxygen atoms in total. The number of rotatable bonds is 6. The number of carbonyl (C=O) groups excluding carboxylic acids is 1. The number of ketones is 1. The van der Waals surface area contributed by atoms with Gasteiger partial charge in [-0.3, -0.25) is 4.79 Å². The topological polar surface area (TPSA) is 26.3 Å². The Hall–Kier alpha value is -1.82. The first-order valence-corrected chi connectivity index (χ1v) is 10.5. The highest BCUT2D eigenvalue weighted by Crippen LogP contribution is 2.32. The third-order valence-electron chi connectivity index (χ3n) is 3.79. The summed E-state index contributed by atoms with van der Waals surface area (Å²) in [5, 5.41) is 0. The van der Waals surface area contributed by atoms with E-state index in [0.29, 0.717) is 10.5 Å². The van der Waals surface area contributed by atoms with Crippen molar-refractivity contribution in [3.63, 3.8) is 0 Å². The van der Waals surface area contributed by atoms with Crippen molar-refractivity contribution in [2.24, 2.45) is 0 Å². The Morgan fingerprint density at radius 3 is 1.96 bits per heavy atom. The molecule has 0 saturated heterocycles. The molecule has 0 fully saturated rings. The molecule has 0 atom stereocenters. The molecule has 27 heavy (non-hydrogen) atoms. The second-order valence-electron chi connectivity index (χ2n) is 5.67. The summed E-state index contributed by atoms with van der Waals surface area (Å²) < 4.78 is 7.19. The van der Waals surface area contributed by atoms with Crippen molar-refractivity contribution in [3.8, 4) is 5.75 Å². The fourth-order valence-corrected chi connectivity index (χ4v) is 3.83. The van der Waals surface area contributed by atoms with Crippen LogP contribution in [0.1, 0.15) is 15.9 Å². The van der Waals surface area contributed by atoms with Gasteiger partial charge in [0.25, 0.3) is 0 Å². The lowest BCUT2D eigenvalue weighted by molar-refractivity contribution is 0.104. The summed E-state index contributed by atoms with van der Waals surface area (Å²) in [5.74, 6) is 0.707. The van der Waals surface area contributed by atoms with Gasteiger partial charge in [-0.2, -0.15) is 0 Å². The lowest BCUT2D eigenvalue weighted by Gasteiger charge is -2.09. The van der Waals surface area contributed by atoms with E-state index < -0.39 is 0 Å². The molecule has 3 rings (SSSR count). The molecule has 0 amide bonds. The number of ether oxygens (including phenoxy) is 1. The molecule has 3 aromatic carbocycles. The summed E-state index contributed by atoms with van der Waals surface area (Å²) >= 11 is 8.34. The summed E-state index contributed by atoms with van der Waals surface area (Å²) in [6.07, 6.45) is 1.92. The van der Waals surface area contributed by atoms with Crippen LogP contribution in [0.2, 0.25) is 0 Å². The summed E-state index contributed by atoms with van der Waals surface area (Å²) in [7, 11) is 1.61. The van der Waals surface area contributed by atoms with Crippen LogP contribution in [0.4, 0.5) is 0 Å². The van der Waals surface area contributed by atoms with Crippen molar-refractivity contribution in [2.45, 2.75) is 4.90 Å². The number of hydrogen-bond acceptors (Lipinski definition) is 3. The first-order valence-electron chi connectivity index (χ1n) is 8.14. The molecule has 0 bridgehead atoms. The highest BCUT2D eigenvalue weighted by atomic mass is 79.9. The van der Waals surface area contributed by atoms with Crippen LogP contribution < -0.4 is 4.74 Å². The average molecular weight is 504 g/mol. The molecule has 0 aliphatic rings. The third-order valence-corrected chi connectivity index (χ3v) is 5.87. The van der Waals surface area contributed by atoms with Crippen molar-refractivity contribution >= 4 is 55.5 Å². The van der Waals surface area contributed by atoms with Crippen LogP contribution in [0.25, 0.3) is 6.08 Å². The lowest BCUT2D eigenvalue weighted by Crippen LogP contribution is -2.01. The highest BCUT2D eigenvalue weighted by molar-refractivity contribution is 9.10. The zero-order chi connectivity index (χ0) is 19.2. The number of carbonyl (C=O) groups is 1. The van der Waals surface area contributed by atoms with Crippen LogP contribution in [0.15, 0.2) is 91.5 Å². The Balaban J connectivity index is 1.95. The Labute approximate surface area is 179 Å². The van der Waals surface area contributed by atoms with Crippen molar-refractivity contribution in [1.82, 2.24) is 0 Å². The van der Waals surface area contributed by atoms with Gasteiger partial charge in [0.2, 0.25) is 0 Å². The average Bonchev–Trinajstić information content (AvgIpc) is 2.70. The molecule has 3 aromatic rings. The van der Waals surface area contributed by atoms with Gasteiger partial charge < -0.3 is 4.74 Å². The second kappa shape index (κ2) is 9.40. The van der Waals surface area contributed by atoms with E-state index in [1.807, 2.05) is 54.6 Å². The second-order valence-corrected chi connectivity index (χ2v) is 8.62. The summed E-state index contributed by atoms with van der Waals surface area (Å²) in [5.41, 5.74) is 1.60. The Bertz CT molecular complexity index is 947. The molecule has 0 aliphatic heterocycles. The Kier molecular flexibility index (Phi) is 6.94. The van der Waals surface area contributed by atoms with Gasteiger partial charge in [-0.15, -0.1) is 0 Å². The third kappa shape index (κ3) is 5.58. The van der Waals surface area contributed by atoms with E-state index in [9.17, 15) is 4.79 Å². The molecule has 0 aliphatic carbocycles. The molecule has 0 heterocycles. The first-order chi connectivity index (χ1) is 13.0. The molecule has 136 valence electrons. The zero-order valence-corrected chi connectivity index (χ0v) is 18.5. The molecule has 0 unspecified atom stereocenters. The number of methoxy groups -OCH3 is 1. The van der Waals surface area contributed by atoms with Crippen molar-refractivity contribution in [1.29, 1.82) is 0 Å². The normalized spacial score (nSPS) is 11.3. The van der Waals surface area contributed by atoms with Gasteiger partial charge in [0.05, 0.1) is 12.0 Å². The van der Waals surface area contributed by atoms with Crippen LogP contribution in [-0.4, -0.2) is 12.9 Å². The van der Waals surface area contributed by atoms with Gasteiger partial charge in [0, 0.05) is 19.4 Å². The molecular formula is C22H16Br2O2S. The molecule has 0 radical (unpaired) electrons. The summed E-state index contributed by atoms with van der Waals surface area (Å²) in [6, 6.07) is 23.0. The van der Waals surface area contributed by atoms with E-state index in [1.54, 1.807) is 31.4 Å². The molecule has 0 spiro atoms. The maximum Gasteiger partial charge on any atom is 0.199 e. The molecule has 0 aromatic heterocycles. The zero-order valence-electron chi connectivity index (χ0n) is 14.5. The quantitative estimate of drug-likeness (QED) is 0.201. The van der Waals surface area contributed by atoms with Gasteiger partial charge in [-0.25, -0.2) is 0 Å². The fourth-order valence-electron chi connectivity index (χ4n) is 2.37. The standard InChI is InChI=1S/C22H16Br2O2S/c1-26-19-10-4-16(5-11-19)22(25)21(14-15-2-6-17(23)7-3-15)27-20-12-8-18(24)9-13-20/h2-14H,1H3/b21-14-. The number of Topliss-reactive ketones (excluding diaryl/α,β-unsaturated/α-hetero) is 1. The van der Waals surface area contributed by atoms with Gasteiger partial charge in [0.15, 0.2) is 5.78 Å². The minimum atomic E-state index is -0.0199. The van der Waals surface area contributed by atoms with E-state index >= 15 is 0 Å². The number of benzene rings is 3. The Morgan fingerprint density at radius 1 is 0.852 bits per heavy atom. The fraction of sp³-hybridized carbons (Fsp3) is 0.0455. The minimum Gasteiger partial charge on any atom is -0.497 e. The number of thioether (sulfide) groups is 1. The Morgan fingerprint density at radius 2 is 1.41 bits per heavy atom. The molecule has 0 N–H and O–H groups in total. The summed E-state index contributed by atoms with van der Waals surface area (Å²) in [4.78, 5) is 14.8. The smallest absolute Gasteiger partial charge is 0.199 e. The van der Waals surface area contributed by atoms with E-state index in [-0.39, 0.29) is 5.78 Å². The van der Waals surface area contributed by atoms with Crippen LogP contribution in [0.5, 0.6) is 5.75 Å². The van der Waals surface area contributed by atoms with E-state index in [1.165, 1.54) is 11.8 Å². The molecule has 0 saturated carbocycles. The maximum atomic E-state index is 13.1. The highest BCUT2D eigenvalue weighted by Gasteiger charge is 2.14. The van der Waals surface area contributed by atoms with Crippen molar-refractivity contribution in [2.75, 3.05) is 7.11 Å². The van der Waals surface area contributed by atoms with Crippen molar-refractivity contribution in [3.05, 3.63) is 97.8 Å². The first kappa shape index (κ1) is 19.9. The largest absolute Gasteiger partial charge is 0.497 e. The number of halogens is 2. The molecule has 5 heteroatoms. The van der Waals surface area contributed by atoms with E-state index in [4.69, 9.17) is 4.74 Å². The number of allylic oxidation sites excluding steroid dienone is 1. The number of hydrogen-bond donors (Lipinski definition) is 0. The monoisotopic (exact) mass is 502 g/mol.